The Kier molecular flexibility index (Phi) is 5.44. The first-order valence-corrected chi connectivity index (χ1v) is 6.13. The van der Waals surface area contributed by atoms with Crippen molar-refractivity contribution in [3.8, 4) is 0 Å². The van der Waals surface area contributed by atoms with Crippen LogP contribution in [0.4, 0.5) is 5.69 Å². The molecule has 6 heteroatoms. The second-order valence-electron chi connectivity index (χ2n) is 4.65. The fraction of sp³-hybridized carbons (Fsp3) is 0.462. The van der Waals surface area contributed by atoms with Crippen molar-refractivity contribution < 1.29 is 9.72 Å². The quantitative estimate of drug-likeness (QED) is 0.626. The molecule has 104 valence electrons. The van der Waals surface area contributed by atoms with Gasteiger partial charge >= 0.3 is 0 Å². The van der Waals surface area contributed by atoms with Gasteiger partial charge in [-0.15, -0.1) is 0 Å². The smallest absolute Gasteiger partial charge is 0.274 e. The summed E-state index contributed by atoms with van der Waals surface area (Å²) >= 11 is 0. The molecule has 1 aromatic rings. The topological polar surface area (TPSA) is 89.5 Å². The van der Waals surface area contributed by atoms with Crippen molar-refractivity contribution in [2.24, 2.45) is 5.73 Å². The maximum Gasteiger partial charge on any atom is 0.274 e. The average Bonchev–Trinajstić information content (AvgIpc) is 2.36. The van der Waals surface area contributed by atoms with Crippen LogP contribution in [-0.2, 0) is 11.3 Å². The number of nitrogens with two attached hydrogens (primary N) is 1. The van der Waals surface area contributed by atoms with E-state index >= 15 is 0 Å². The number of para-hydroxylation sites is 1. The molecule has 1 unspecified atom stereocenters. The molecule has 0 spiro atoms. The first kappa shape index (κ1) is 15.1. The van der Waals surface area contributed by atoms with Gasteiger partial charge in [0.15, 0.2) is 0 Å². The van der Waals surface area contributed by atoms with E-state index in [1.807, 2.05) is 6.92 Å². The van der Waals surface area contributed by atoms with Crippen molar-refractivity contribution in [3.63, 3.8) is 0 Å². The van der Waals surface area contributed by atoms with E-state index in [4.69, 9.17) is 5.73 Å². The van der Waals surface area contributed by atoms with Gasteiger partial charge in [0.25, 0.3) is 5.69 Å². The zero-order valence-corrected chi connectivity index (χ0v) is 11.2. The number of hydrogen-bond acceptors (Lipinski definition) is 4. The molecule has 0 fully saturated rings. The van der Waals surface area contributed by atoms with Crippen molar-refractivity contribution in [1.82, 2.24) is 4.90 Å². The molecule has 0 radical (unpaired) electrons. The second kappa shape index (κ2) is 6.84. The Morgan fingerprint density at radius 3 is 2.68 bits per heavy atom. The van der Waals surface area contributed by atoms with Crippen LogP contribution >= 0.6 is 0 Å². The third-order valence-corrected chi connectivity index (χ3v) is 2.84. The number of nitro groups is 1. The fourth-order valence-corrected chi connectivity index (χ4v) is 1.71. The Labute approximate surface area is 112 Å². The third kappa shape index (κ3) is 4.67. The minimum Gasteiger partial charge on any atom is -0.341 e. The summed E-state index contributed by atoms with van der Waals surface area (Å²) in [6.07, 6.45) is 0.967. The van der Waals surface area contributed by atoms with E-state index in [0.717, 1.165) is 0 Å². The van der Waals surface area contributed by atoms with Crippen molar-refractivity contribution in [3.05, 3.63) is 39.9 Å². The Balaban J connectivity index is 2.69. The Morgan fingerprint density at radius 2 is 2.11 bits per heavy atom. The maximum atomic E-state index is 11.8. The molecule has 0 saturated heterocycles. The summed E-state index contributed by atoms with van der Waals surface area (Å²) in [5.41, 5.74) is 6.17. The highest BCUT2D eigenvalue weighted by Gasteiger charge is 2.16. The van der Waals surface area contributed by atoms with E-state index in [1.165, 1.54) is 11.0 Å². The van der Waals surface area contributed by atoms with Gasteiger partial charge < -0.3 is 10.6 Å². The molecule has 2 N–H and O–H groups in total. The predicted molar refractivity (Wildman–Crippen MR) is 72.5 cm³/mol. The monoisotopic (exact) mass is 265 g/mol. The molecule has 0 bridgehead atoms. The molecule has 19 heavy (non-hydrogen) atoms. The molecule has 6 nitrogen and oxygen atoms in total. The van der Waals surface area contributed by atoms with E-state index in [9.17, 15) is 14.9 Å². The number of benzene rings is 1. The normalized spacial score (nSPS) is 11.9. The van der Waals surface area contributed by atoms with Crippen LogP contribution in [0.2, 0.25) is 0 Å². The molecule has 0 heterocycles. The van der Waals surface area contributed by atoms with Crippen molar-refractivity contribution in [2.75, 3.05) is 7.05 Å². The highest BCUT2D eigenvalue weighted by atomic mass is 16.6. The number of amides is 1. The lowest BCUT2D eigenvalue weighted by molar-refractivity contribution is -0.385. The maximum absolute atomic E-state index is 11.8. The van der Waals surface area contributed by atoms with Gasteiger partial charge in [-0.2, -0.15) is 0 Å². The van der Waals surface area contributed by atoms with Crippen LogP contribution in [-0.4, -0.2) is 28.8 Å². The number of carbonyl (C=O) groups is 1. The second-order valence-corrected chi connectivity index (χ2v) is 4.65. The molecule has 1 atom stereocenters. The molecular weight excluding hydrogens is 246 g/mol. The van der Waals surface area contributed by atoms with E-state index in [0.29, 0.717) is 18.4 Å². The number of nitrogens with zero attached hydrogens (tertiary/aromatic N) is 2. The largest absolute Gasteiger partial charge is 0.341 e. The van der Waals surface area contributed by atoms with Gasteiger partial charge in [0.05, 0.1) is 11.5 Å². The average molecular weight is 265 g/mol. The SMILES string of the molecule is CC(N)CCC(=O)N(C)Cc1ccccc1[N+](=O)[O-]. The van der Waals surface area contributed by atoms with Crippen LogP contribution in [0.15, 0.2) is 24.3 Å². The minimum absolute atomic E-state index is 0.0246. The number of hydrogen-bond donors (Lipinski definition) is 1. The summed E-state index contributed by atoms with van der Waals surface area (Å²) in [6, 6.07) is 6.41. The molecule has 1 aromatic carbocycles. The van der Waals surface area contributed by atoms with Crippen LogP contribution in [0.25, 0.3) is 0 Å². The van der Waals surface area contributed by atoms with Gasteiger partial charge in [0.1, 0.15) is 0 Å². The summed E-state index contributed by atoms with van der Waals surface area (Å²) < 4.78 is 0. The molecule has 0 saturated carbocycles. The highest BCUT2D eigenvalue weighted by molar-refractivity contribution is 5.76. The van der Waals surface area contributed by atoms with Crippen LogP contribution in [0.1, 0.15) is 25.3 Å². The summed E-state index contributed by atoms with van der Waals surface area (Å²) in [5, 5.41) is 10.9. The zero-order valence-electron chi connectivity index (χ0n) is 11.2. The molecular formula is C13H19N3O3. The summed E-state index contributed by atoms with van der Waals surface area (Å²) in [4.78, 5) is 23.8. The first-order valence-electron chi connectivity index (χ1n) is 6.13. The molecule has 0 aliphatic carbocycles. The number of rotatable bonds is 6. The molecule has 0 aromatic heterocycles. The lowest BCUT2D eigenvalue weighted by Gasteiger charge is -2.17. The first-order chi connectivity index (χ1) is 8.91. The van der Waals surface area contributed by atoms with E-state index < -0.39 is 4.92 Å². The van der Waals surface area contributed by atoms with Gasteiger partial charge in [-0.3, -0.25) is 14.9 Å². The fourth-order valence-electron chi connectivity index (χ4n) is 1.71. The zero-order chi connectivity index (χ0) is 14.4. The Morgan fingerprint density at radius 1 is 1.47 bits per heavy atom. The molecule has 1 amide bonds. The van der Waals surface area contributed by atoms with Crippen LogP contribution in [0.5, 0.6) is 0 Å². The molecule has 0 aliphatic rings. The summed E-state index contributed by atoms with van der Waals surface area (Å²) in [5.74, 6) is -0.0598. The minimum atomic E-state index is -0.435. The molecule has 0 aliphatic heterocycles. The van der Waals surface area contributed by atoms with Crippen LogP contribution in [0.3, 0.4) is 0 Å². The Hall–Kier alpha value is -1.95. The number of carbonyl (C=O) groups excluding carboxylic acids is 1. The van der Waals surface area contributed by atoms with Crippen LogP contribution < -0.4 is 5.73 Å². The lowest BCUT2D eigenvalue weighted by atomic mass is 10.1. The van der Waals surface area contributed by atoms with Gasteiger partial charge in [-0.25, -0.2) is 0 Å². The van der Waals surface area contributed by atoms with E-state index in [1.54, 1.807) is 25.2 Å². The van der Waals surface area contributed by atoms with E-state index in [2.05, 4.69) is 0 Å². The molecule has 1 rings (SSSR count). The van der Waals surface area contributed by atoms with Gasteiger partial charge in [-0.1, -0.05) is 18.2 Å². The van der Waals surface area contributed by atoms with Crippen molar-refractivity contribution in [1.29, 1.82) is 0 Å². The standard InChI is InChI=1S/C13H19N3O3/c1-10(14)7-8-13(17)15(2)9-11-5-3-4-6-12(11)16(18)19/h3-6,10H,7-9,14H2,1-2H3. The predicted octanol–water partition coefficient (Wildman–Crippen LogP) is 1.68. The van der Waals surface area contributed by atoms with Crippen molar-refractivity contribution >= 4 is 11.6 Å². The highest BCUT2D eigenvalue weighted by Crippen LogP contribution is 2.19. The number of nitro benzene ring substituents is 1. The van der Waals surface area contributed by atoms with Gasteiger partial charge in [0, 0.05) is 31.1 Å². The van der Waals surface area contributed by atoms with E-state index in [-0.39, 0.29) is 24.2 Å². The lowest BCUT2D eigenvalue weighted by Crippen LogP contribution is -2.28. The van der Waals surface area contributed by atoms with Crippen molar-refractivity contribution in [2.45, 2.75) is 32.4 Å². The van der Waals surface area contributed by atoms with Crippen LogP contribution in [0, 0.1) is 10.1 Å². The summed E-state index contributed by atoms with van der Waals surface area (Å²) in [6.45, 7) is 2.07. The van der Waals surface area contributed by atoms with Gasteiger partial charge in [-0.05, 0) is 13.3 Å². The third-order valence-electron chi connectivity index (χ3n) is 2.84. The van der Waals surface area contributed by atoms with Gasteiger partial charge in [0.2, 0.25) is 5.91 Å². The Bertz CT molecular complexity index is 460. The summed E-state index contributed by atoms with van der Waals surface area (Å²) in [7, 11) is 1.64.